The van der Waals surface area contributed by atoms with Crippen molar-refractivity contribution < 1.29 is 0 Å². The summed E-state index contributed by atoms with van der Waals surface area (Å²) in [6, 6.07) is 4.24. The Bertz CT molecular complexity index is 385. The van der Waals surface area contributed by atoms with E-state index in [9.17, 15) is 0 Å². The van der Waals surface area contributed by atoms with Crippen LogP contribution >= 0.6 is 0 Å². The predicted octanol–water partition coefficient (Wildman–Crippen LogP) is 1.96. The van der Waals surface area contributed by atoms with Gasteiger partial charge in [-0.25, -0.2) is 4.98 Å². The first-order valence-corrected chi connectivity index (χ1v) is 5.79. The molecule has 1 aromatic rings. The van der Waals surface area contributed by atoms with Crippen molar-refractivity contribution in [3.05, 3.63) is 35.5 Å². The lowest BCUT2D eigenvalue weighted by molar-refractivity contribution is 0.771. The fraction of sp³-hybridized carbons (Fsp3) is 0.462. The van der Waals surface area contributed by atoms with Gasteiger partial charge >= 0.3 is 0 Å². The second kappa shape index (κ2) is 5.12. The summed E-state index contributed by atoms with van der Waals surface area (Å²) >= 11 is 0. The standard InChI is InChI=1S/C13H19N3/c1-11-4-3-7-16(10-11)13-8-12(9-14-2)5-6-15-13/h4-6,8,14H,3,7,9-10H2,1-2H3. The van der Waals surface area contributed by atoms with Crippen LogP contribution in [0.25, 0.3) is 0 Å². The van der Waals surface area contributed by atoms with Crippen molar-refractivity contribution in [2.75, 3.05) is 25.0 Å². The summed E-state index contributed by atoms with van der Waals surface area (Å²) in [5.41, 5.74) is 2.73. The molecule has 0 unspecified atom stereocenters. The summed E-state index contributed by atoms with van der Waals surface area (Å²) in [6.45, 7) is 5.17. The Kier molecular flexibility index (Phi) is 3.57. The SMILES string of the molecule is CNCc1ccnc(N2CCC=C(C)C2)c1. The van der Waals surface area contributed by atoms with E-state index in [2.05, 4.69) is 40.3 Å². The topological polar surface area (TPSA) is 28.2 Å². The Morgan fingerprint density at radius 1 is 1.50 bits per heavy atom. The zero-order chi connectivity index (χ0) is 11.4. The lowest BCUT2D eigenvalue weighted by Gasteiger charge is -2.27. The van der Waals surface area contributed by atoms with Crippen LogP contribution in [0.4, 0.5) is 5.82 Å². The van der Waals surface area contributed by atoms with Crippen LogP contribution < -0.4 is 10.2 Å². The van der Waals surface area contributed by atoms with Crippen molar-refractivity contribution in [1.29, 1.82) is 0 Å². The van der Waals surface area contributed by atoms with Crippen LogP contribution in [-0.2, 0) is 6.54 Å². The van der Waals surface area contributed by atoms with Crippen LogP contribution in [0.15, 0.2) is 30.0 Å². The molecule has 3 nitrogen and oxygen atoms in total. The lowest BCUT2D eigenvalue weighted by atomic mass is 10.1. The molecule has 0 radical (unpaired) electrons. The minimum atomic E-state index is 0.901. The normalized spacial score (nSPS) is 16.1. The van der Waals surface area contributed by atoms with E-state index in [1.54, 1.807) is 0 Å². The van der Waals surface area contributed by atoms with Gasteiger partial charge in [-0.3, -0.25) is 0 Å². The van der Waals surface area contributed by atoms with Gasteiger partial charge in [0, 0.05) is 25.8 Å². The maximum Gasteiger partial charge on any atom is 0.129 e. The highest BCUT2D eigenvalue weighted by Crippen LogP contribution is 2.18. The van der Waals surface area contributed by atoms with E-state index in [0.29, 0.717) is 0 Å². The molecule has 0 bridgehead atoms. The second-order valence-electron chi connectivity index (χ2n) is 4.31. The second-order valence-corrected chi connectivity index (χ2v) is 4.31. The molecule has 3 heteroatoms. The van der Waals surface area contributed by atoms with Gasteiger partial charge in [-0.05, 0) is 38.1 Å². The first-order chi connectivity index (χ1) is 7.79. The smallest absolute Gasteiger partial charge is 0.129 e. The molecule has 1 aliphatic rings. The Balaban J connectivity index is 2.14. The highest BCUT2D eigenvalue weighted by atomic mass is 15.2. The molecule has 86 valence electrons. The molecular formula is C13H19N3. The molecule has 1 N–H and O–H groups in total. The molecule has 16 heavy (non-hydrogen) atoms. The average Bonchev–Trinajstić information content (AvgIpc) is 2.30. The van der Waals surface area contributed by atoms with E-state index in [1.165, 1.54) is 11.1 Å². The van der Waals surface area contributed by atoms with Crippen LogP contribution in [0.2, 0.25) is 0 Å². The molecule has 0 amide bonds. The van der Waals surface area contributed by atoms with Gasteiger partial charge in [-0.15, -0.1) is 0 Å². The number of hydrogen-bond acceptors (Lipinski definition) is 3. The molecule has 0 saturated carbocycles. The van der Waals surface area contributed by atoms with Crippen molar-refractivity contribution in [2.24, 2.45) is 0 Å². The number of pyridine rings is 1. The van der Waals surface area contributed by atoms with Crippen molar-refractivity contribution in [2.45, 2.75) is 19.9 Å². The monoisotopic (exact) mass is 217 g/mol. The summed E-state index contributed by atoms with van der Waals surface area (Å²) in [5, 5.41) is 3.17. The lowest BCUT2D eigenvalue weighted by Crippen LogP contribution is -2.29. The van der Waals surface area contributed by atoms with Crippen LogP contribution in [0.1, 0.15) is 18.9 Å². The third kappa shape index (κ3) is 2.61. The zero-order valence-electron chi connectivity index (χ0n) is 10.0. The fourth-order valence-corrected chi connectivity index (χ4v) is 2.05. The van der Waals surface area contributed by atoms with Gasteiger partial charge in [-0.1, -0.05) is 11.6 Å². The highest BCUT2D eigenvalue weighted by Gasteiger charge is 2.11. The number of anilines is 1. The first-order valence-electron chi connectivity index (χ1n) is 5.79. The number of rotatable bonds is 3. The van der Waals surface area contributed by atoms with E-state index < -0.39 is 0 Å². The third-order valence-electron chi connectivity index (χ3n) is 2.85. The molecular weight excluding hydrogens is 198 g/mol. The van der Waals surface area contributed by atoms with Crippen molar-refractivity contribution in [3.8, 4) is 0 Å². The Morgan fingerprint density at radius 3 is 3.12 bits per heavy atom. The fourth-order valence-electron chi connectivity index (χ4n) is 2.05. The quantitative estimate of drug-likeness (QED) is 0.784. The molecule has 0 atom stereocenters. The van der Waals surface area contributed by atoms with E-state index >= 15 is 0 Å². The van der Waals surface area contributed by atoms with Gasteiger partial charge in [0.15, 0.2) is 0 Å². The largest absolute Gasteiger partial charge is 0.352 e. The van der Waals surface area contributed by atoms with E-state index in [-0.39, 0.29) is 0 Å². The summed E-state index contributed by atoms with van der Waals surface area (Å²) in [7, 11) is 1.97. The molecule has 2 heterocycles. The van der Waals surface area contributed by atoms with E-state index in [0.717, 1.165) is 31.9 Å². The van der Waals surface area contributed by atoms with Gasteiger partial charge in [0.05, 0.1) is 0 Å². The Morgan fingerprint density at radius 2 is 2.38 bits per heavy atom. The van der Waals surface area contributed by atoms with Crippen LogP contribution in [0.3, 0.4) is 0 Å². The molecule has 2 rings (SSSR count). The maximum absolute atomic E-state index is 4.45. The van der Waals surface area contributed by atoms with Gasteiger partial charge in [0.1, 0.15) is 5.82 Å². The van der Waals surface area contributed by atoms with E-state index in [4.69, 9.17) is 0 Å². The minimum Gasteiger partial charge on any atom is -0.352 e. The molecule has 0 saturated heterocycles. The maximum atomic E-state index is 4.45. The molecule has 0 fully saturated rings. The molecule has 0 aromatic carbocycles. The summed E-state index contributed by atoms with van der Waals surface area (Å²) in [6.07, 6.45) is 5.34. The third-order valence-corrected chi connectivity index (χ3v) is 2.85. The number of nitrogens with zero attached hydrogens (tertiary/aromatic N) is 2. The number of nitrogens with one attached hydrogen (secondary N) is 1. The minimum absolute atomic E-state index is 0.901. The Labute approximate surface area is 97.2 Å². The van der Waals surface area contributed by atoms with Crippen molar-refractivity contribution in [1.82, 2.24) is 10.3 Å². The van der Waals surface area contributed by atoms with Crippen LogP contribution in [0.5, 0.6) is 0 Å². The Hall–Kier alpha value is -1.35. The molecule has 1 aliphatic heterocycles. The average molecular weight is 217 g/mol. The number of hydrogen-bond donors (Lipinski definition) is 1. The van der Waals surface area contributed by atoms with Gasteiger partial charge < -0.3 is 10.2 Å². The van der Waals surface area contributed by atoms with Gasteiger partial charge in [0.25, 0.3) is 0 Å². The van der Waals surface area contributed by atoms with Crippen molar-refractivity contribution >= 4 is 5.82 Å². The van der Waals surface area contributed by atoms with Crippen LogP contribution in [0, 0.1) is 0 Å². The zero-order valence-corrected chi connectivity index (χ0v) is 10.0. The first kappa shape index (κ1) is 11.1. The molecule has 1 aromatic heterocycles. The highest BCUT2D eigenvalue weighted by molar-refractivity contribution is 5.43. The summed E-state index contributed by atoms with van der Waals surface area (Å²) in [5.74, 6) is 1.10. The molecule has 0 spiro atoms. The van der Waals surface area contributed by atoms with E-state index in [1.807, 2.05) is 13.2 Å². The number of aromatic nitrogens is 1. The van der Waals surface area contributed by atoms with Gasteiger partial charge in [-0.2, -0.15) is 0 Å². The summed E-state index contributed by atoms with van der Waals surface area (Å²) < 4.78 is 0. The predicted molar refractivity (Wildman–Crippen MR) is 67.6 cm³/mol. The van der Waals surface area contributed by atoms with Crippen molar-refractivity contribution in [3.63, 3.8) is 0 Å². The molecule has 0 aliphatic carbocycles. The van der Waals surface area contributed by atoms with Gasteiger partial charge in [0.2, 0.25) is 0 Å². The summed E-state index contributed by atoms with van der Waals surface area (Å²) in [4.78, 5) is 6.79. The van der Waals surface area contributed by atoms with Crippen LogP contribution in [-0.4, -0.2) is 25.1 Å².